The predicted molar refractivity (Wildman–Crippen MR) is 73.4 cm³/mol. The van der Waals surface area contributed by atoms with E-state index in [9.17, 15) is 4.79 Å². The van der Waals surface area contributed by atoms with Crippen LogP contribution in [0, 0.1) is 6.92 Å². The van der Waals surface area contributed by atoms with Gasteiger partial charge in [-0.25, -0.2) is 0 Å². The highest BCUT2D eigenvalue weighted by Crippen LogP contribution is 2.22. The van der Waals surface area contributed by atoms with Crippen molar-refractivity contribution in [3.63, 3.8) is 0 Å². The maximum atomic E-state index is 12.0. The van der Waals surface area contributed by atoms with Gasteiger partial charge in [0.25, 0.3) is 5.91 Å². The molecule has 3 nitrogen and oxygen atoms in total. The summed E-state index contributed by atoms with van der Waals surface area (Å²) in [6, 6.07) is 6.87. The molecule has 0 unspecified atom stereocenters. The highest BCUT2D eigenvalue weighted by molar-refractivity contribution is 6.34. The molecule has 1 N–H and O–H groups in total. The zero-order chi connectivity index (χ0) is 13.1. The third-order valence-corrected chi connectivity index (χ3v) is 3.00. The normalized spacial score (nSPS) is 10.2. The Morgan fingerprint density at radius 1 is 1.28 bits per heavy atom. The number of amides is 1. The molecule has 0 aliphatic carbocycles. The lowest BCUT2D eigenvalue weighted by atomic mass is 10.2. The molecule has 0 fully saturated rings. The summed E-state index contributed by atoms with van der Waals surface area (Å²) in [5.41, 5.74) is 1.98. The highest BCUT2D eigenvalue weighted by atomic mass is 35.5. The van der Waals surface area contributed by atoms with Gasteiger partial charge in [-0.1, -0.05) is 29.3 Å². The molecular formula is C13H10Cl2N2O. The smallest absolute Gasteiger partial charge is 0.257 e. The molecule has 0 saturated heterocycles. The summed E-state index contributed by atoms with van der Waals surface area (Å²) in [4.78, 5) is 15.9. The van der Waals surface area contributed by atoms with Crippen LogP contribution in [0.3, 0.4) is 0 Å². The summed E-state index contributed by atoms with van der Waals surface area (Å²) in [5, 5.41) is 3.65. The summed E-state index contributed by atoms with van der Waals surface area (Å²) >= 11 is 11.8. The van der Waals surface area contributed by atoms with Crippen LogP contribution in [0.25, 0.3) is 0 Å². The van der Waals surface area contributed by atoms with Gasteiger partial charge in [0.2, 0.25) is 0 Å². The Kier molecular flexibility index (Phi) is 3.84. The number of aromatic nitrogens is 1. The van der Waals surface area contributed by atoms with Gasteiger partial charge >= 0.3 is 0 Å². The van der Waals surface area contributed by atoms with E-state index >= 15 is 0 Å². The van der Waals surface area contributed by atoms with Crippen molar-refractivity contribution in [2.45, 2.75) is 6.92 Å². The first-order valence-corrected chi connectivity index (χ1v) is 6.00. The Labute approximate surface area is 115 Å². The molecule has 1 amide bonds. The van der Waals surface area contributed by atoms with Crippen molar-refractivity contribution < 1.29 is 4.79 Å². The number of carbonyl (C=O) groups excluding carboxylic acids is 1. The quantitative estimate of drug-likeness (QED) is 0.905. The van der Waals surface area contributed by atoms with Crippen molar-refractivity contribution in [2.24, 2.45) is 0 Å². The number of nitrogens with one attached hydrogen (secondary N) is 1. The van der Waals surface area contributed by atoms with Gasteiger partial charge in [0.05, 0.1) is 10.6 Å². The van der Waals surface area contributed by atoms with Gasteiger partial charge < -0.3 is 5.32 Å². The maximum absolute atomic E-state index is 12.0. The van der Waals surface area contributed by atoms with Crippen molar-refractivity contribution >= 4 is 34.8 Å². The van der Waals surface area contributed by atoms with Gasteiger partial charge in [-0.3, -0.25) is 9.78 Å². The van der Waals surface area contributed by atoms with Crippen LogP contribution in [0.5, 0.6) is 0 Å². The summed E-state index contributed by atoms with van der Waals surface area (Å²) in [7, 11) is 0. The van der Waals surface area contributed by atoms with Crippen LogP contribution in [0.2, 0.25) is 10.0 Å². The van der Waals surface area contributed by atoms with Crippen LogP contribution in [0.1, 0.15) is 15.9 Å². The van der Waals surface area contributed by atoms with Gasteiger partial charge in [-0.15, -0.1) is 0 Å². The van der Waals surface area contributed by atoms with E-state index in [-0.39, 0.29) is 5.91 Å². The van der Waals surface area contributed by atoms with Gasteiger partial charge in [0, 0.05) is 23.1 Å². The molecule has 2 aromatic rings. The number of pyridine rings is 1. The molecule has 1 aromatic carbocycles. The molecule has 1 aromatic heterocycles. The van der Waals surface area contributed by atoms with Gasteiger partial charge in [0.1, 0.15) is 0 Å². The minimum Gasteiger partial charge on any atom is -0.322 e. The van der Waals surface area contributed by atoms with E-state index < -0.39 is 0 Å². The topological polar surface area (TPSA) is 42.0 Å². The predicted octanol–water partition coefficient (Wildman–Crippen LogP) is 3.95. The number of hydrogen-bond donors (Lipinski definition) is 1. The Morgan fingerprint density at radius 3 is 2.78 bits per heavy atom. The van der Waals surface area contributed by atoms with Crippen molar-refractivity contribution in [1.82, 2.24) is 4.98 Å². The zero-order valence-electron chi connectivity index (χ0n) is 9.58. The van der Waals surface area contributed by atoms with E-state index in [0.717, 1.165) is 5.56 Å². The summed E-state index contributed by atoms with van der Waals surface area (Å²) < 4.78 is 0. The van der Waals surface area contributed by atoms with Gasteiger partial charge in [-0.2, -0.15) is 0 Å². The SMILES string of the molecule is Cc1ccc(Cl)cc1NC(=O)c1ccncc1Cl. The fourth-order valence-electron chi connectivity index (χ4n) is 1.48. The molecule has 0 radical (unpaired) electrons. The van der Waals surface area contributed by atoms with E-state index in [1.807, 2.05) is 13.0 Å². The van der Waals surface area contributed by atoms with Crippen LogP contribution < -0.4 is 5.32 Å². The molecule has 0 aliphatic rings. The Hall–Kier alpha value is -1.58. The number of anilines is 1. The number of rotatable bonds is 2. The number of carbonyl (C=O) groups is 1. The summed E-state index contributed by atoms with van der Waals surface area (Å²) in [6.07, 6.45) is 2.95. The Bertz CT molecular complexity index is 599. The van der Waals surface area contributed by atoms with E-state index in [1.165, 1.54) is 12.4 Å². The van der Waals surface area contributed by atoms with E-state index in [2.05, 4.69) is 10.3 Å². The van der Waals surface area contributed by atoms with Crippen LogP contribution in [-0.2, 0) is 0 Å². The van der Waals surface area contributed by atoms with E-state index in [4.69, 9.17) is 23.2 Å². The standard InChI is InChI=1S/C13H10Cl2N2O/c1-8-2-3-9(14)6-12(8)17-13(18)10-4-5-16-7-11(10)15/h2-7H,1H3,(H,17,18). The third-order valence-electron chi connectivity index (χ3n) is 2.46. The van der Waals surface area contributed by atoms with Crippen LogP contribution in [-0.4, -0.2) is 10.9 Å². The first-order chi connectivity index (χ1) is 8.58. The lowest BCUT2D eigenvalue weighted by Crippen LogP contribution is -2.13. The van der Waals surface area contributed by atoms with Crippen LogP contribution in [0.4, 0.5) is 5.69 Å². The first kappa shape index (κ1) is 12.9. The molecule has 1 heterocycles. The number of hydrogen-bond acceptors (Lipinski definition) is 2. The van der Waals surface area contributed by atoms with Crippen molar-refractivity contribution in [3.8, 4) is 0 Å². The fourth-order valence-corrected chi connectivity index (χ4v) is 1.86. The second-order valence-electron chi connectivity index (χ2n) is 3.77. The second-order valence-corrected chi connectivity index (χ2v) is 4.61. The molecule has 0 saturated carbocycles. The lowest BCUT2D eigenvalue weighted by Gasteiger charge is -2.09. The van der Waals surface area contributed by atoms with Gasteiger partial charge in [0.15, 0.2) is 0 Å². The molecule has 0 aliphatic heterocycles. The lowest BCUT2D eigenvalue weighted by molar-refractivity contribution is 0.102. The largest absolute Gasteiger partial charge is 0.322 e. The minimum absolute atomic E-state index is 0.284. The molecule has 18 heavy (non-hydrogen) atoms. The summed E-state index contributed by atoms with van der Waals surface area (Å²) in [6.45, 7) is 1.89. The highest BCUT2D eigenvalue weighted by Gasteiger charge is 2.11. The number of nitrogens with zero attached hydrogens (tertiary/aromatic N) is 1. The first-order valence-electron chi connectivity index (χ1n) is 5.25. The van der Waals surface area contributed by atoms with Crippen LogP contribution in [0.15, 0.2) is 36.7 Å². The zero-order valence-corrected chi connectivity index (χ0v) is 11.1. The number of halogens is 2. The van der Waals surface area contributed by atoms with Crippen molar-refractivity contribution in [1.29, 1.82) is 0 Å². The second kappa shape index (κ2) is 5.38. The monoisotopic (exact) mass is 280 g/mol. The minimum atomic E-state index is -0.284. The van der Waals surface area contributed by atoms with Crippen LogP contribution >= 0.6 is 23.2 Å². The van der Waals surface area contributed by atoms with Gasteiger partial charge in [-0.05, 0) is 30.7 Å². The maximum Gasteiger partial charge on any atom is 0.257 e. The Balaban J connectivity index is 2.27. The van der Waals surface area contributed by atoms with Crippen molar-refractivity contribution in [3.05, 3.63) is 57.8 Å². The third kappa shape index (κ3) is 2.81. The average molecular weight is 281 g/mol. The number of aryl methyl sites for hydroxylation is 1. The molecule has 2 rings (SSSR count). The van der Waals surface area contributed by atoms with E-state index in [1.54, 1.807) is 18.2 Å². The molecule has 0 atom stereocenters. The van der Waals surface area contributed by atoms with E-state index in [0.29, 0.717) is 21.3 Å². The molecular weight excluding hydrogens is 271 g/mol. The molecule has 0 spiro atoms. The molecule has 92 valence electrons. The summed E-state index contributed by atoms with van der Waals surface area (Å²) in [5.74, 6) is -0.284. The molecule has 0 bridgehead atoms. The van der Waals surface area contributed by atoms with Crippen molar-refractivity contribution in [2.75, 3.05) is 5.32 Å². The average Bonchev–Trinajstić information content (AvgIpc) is 2.34. The fraction of sp³-hybridized carbons (Fsp3) is 0.0769. The number of benzene rings is 1. The Morgan fingerprint density at radius 2 is 2.06 bits per heavy atom. The molecule has 5 heteroatoms.